The number of aliphatic hydroxyl groups excluding tert-OH is 1. The van der Waals surface area contributed by atoms with Crippen LogP contribution in [-0.4, -0.2) is 40.8 Å². The largest absolute Gasteiger partial charge is 0.392 e. The molecule has 0 bridgehead atoms. The first kappa shape index (κ1) is 23.3. The molecule has 0 aliphatic carbocycles. The zero-order valence-electron chi connectivity index (χ0n) is 19.5. The minimum atomic E-state index is 0.0263. The SMILES string of the molecule is CC.Cn1c(-c2ccc(N3CCNCC3)cc2)c(-c2ccc(CO)cc2)c2c(Cl)ccnc21. The number of nitrogens with one attached hydrogen (secondary N) is 1. The Morgan fingerprint density at radius 2 is 1.58 bits per heavy atom. The Kier molecular flexibility index (Phi) is 7.33. The average molecular weight is 463 g/mol. The van der Waals surface area contributed by atoms with Crippen LogP contribution in [0.1, 0.15) is 19.4 Å². The zero-order valence-corrected chi connectivity index (χ0v) is 20.2. The highest BCUT2D eigenvalue weighted by Gasteiger charge is 2.21. The molecule has 0 unspecified atom stereocenters. The molecular formula is C27H31ClN4O. The maximum atomic E-state index is 9.44. The number of rotatable bonds is 4. The first-order valence-corrected chi connectivity index (χ1v) is 11.9. The highest BCUT2D eigenvalue weighted by Crippen LogP contribution is 2.42. The third kappa shape index (κ3) is 4.49. The molecule has 0 saturated carbocycles. The summed E-state index contributed by atoms with van der Waals surface area (Å²) in [4.78, 5) is 7.03. The van der Waals surface area contributed by atoms with Crippen LogP contribution in [0.4, 0.5) is 5.69 Å². The van der Waals surface area contributed by atoms with Crippen LogP contribution in [0.5, 0.6) is 0 Å². The topological polar surface area (TPSA) is 53.3 Å². The quantitative estimate of drug-likeness (QED) is 0.421. The van der Waals surface area contributed by atoms with E-state index >= 15 is 0 Å². The Hall–Kier alpha value is -2.86. The van der Waals surface area contributed by atoms with Crippen LogP contribution < -0.4 is 10.2 Å². The van der Waals surface area contributed by atoms with Crippen molar-refractivity contribution in [3.8, 4) is 22.4 Å². The molecule has 0 spiro atoms. The summed E-state index contributed by atoms with van der Waals surface area (Å²) in [5, 5.41) is 14.5. The van der Waals surface area contributed by atoms with Gasteiger partial charge in [-0.05, 0) is 34.9 Å². The van der Waals surface area contributed by atoms with E-state index in [4.69, 9.17) is 11.6 Å². The summed E-state index contributed by atoms with van der Waals surface area (Å²) in [7, 11) is 2.04. The number of aromatic nitrogens is 2. The lowest BCUT2D eigenvalue weighted by atomic mass is 9.97. The van der Waals surface area contributed by atoms with Crippen molar-refractivity contribution in [1.82, 2.24) is 14.9 Å². The molecule has 0 radical (unpaired) electrons. The summed E-state index contributed by atoms with van der Waals surface area (Å²) in [5.41, 5.74) is 7.31. The highest BCUT2D eigenvalue weighted by molar-refractivity contribution is 6.37. The number of anilines is 1. The van der Waals surface area contributed by atoms with Gasteiger partial charge in [0.1, 0.15) is 5.65 Å². The number of hydrogen-bond acceptors (Lipinski definition) is 4. The number of halogens is 1. The van der Waals surface area contributed by atoms with Crippen molar-refractivity contribution in [2.75, 3.05) is 31.1 Å². The van der Waals surface area contributed by atoms with Crippen LogP contribution in [-0.2, 0) is 13.7 Å². The minimum Gasteiger partial charge on any atom is -0.392 e. The first-order chi connectivity index (χ1) is 16.2. The smallest absolute Gasteiger partial charge is 0.142 e. The van der Waals surface area contributed by atoms with Gasteiger partial charge in [-0.2, -0.15) is 0 Å². The van der Waals surface area contributed by atoms with Gasteiger partial charge in [-0.25, -0.2) is 4.98 Å². The lowest BCUT2D eigenvalue weighted by Gasteiger charge is -2.29. The molecule has 0 atom stereocenters. The van der Waals surface area contributed by atoms with Crippen molar-refractivity contribution in [2.45, 2.75) is 20.5 Å². The second-order valence-corrected chi connectivity index (χ2v) is 8.32. The molecule has 33 heavy (non-hydrogen) atoms. The fourth-order valence-electron chi connectivity index (χ4n) is 4.45. The number of aryl methyl sites for hydroxylation is 1. The second kappa shape index (κ2) is 10.4. The first-order valence-electron chi connectivity index (χ1n) is 11.6. The van der Waals surface area contributed by atoms with Crippen LogP contribution >= 0.6 is 11.6 Å². The van der Waals surface area contributed by atoms with Crippen LogP contribution in [0.15, 0.2) is 60.8 Å². The van der Waals surface area contributed by atoms with Gasteiger partial charge in [-0.3, -0.25) is 0 Å². The van der Waals surface area contributed by atoms with Gasteiger partial charge in [0.2, 0.25) is 0 Å². The fourth-order valence-corrected chi connectivity index (χ4v) is 4.69. The third-order valence-corrected chi connectivity index (χ3v) is 6.38. The van der Waals surface area contributed by atoms with Gasteiger partial charge in [0.25, 0.3) is 0 Å². The molecule has 1 fully saturated rings. The van der Waals surface area contributed by atoms with E-state index < -0.39 is 0 Å². The molecule has 172 valence electrons. The fraction of sp³-hybridized carbons (Fsp3) is 0.296. The summed E-state index contributed by atoms with van der Waals surface area (Å²) >= 11 is 6.66. The van der Waals surface area contributed by atoms with Crippen LogP contribution in [0.25, 0.3) is 33.4 Å². The van der Waals surface area contributed by atoms with E-state index in [1.165, 1.54) is 5.69 Å². The number of nitrogens with zero attached hydrogens (tertiary/aromatic N) is 3. The molecule has 2 aromatic heterocycles. The molecule has 6 heteroatoms. The van der Waals surface area contributed by atoms with Gasteiger partial charge in [0.05, 0.1) is 17.3 Å². The van der Waals surface area contributed by atoms with E-state index in [9.17, 15) is 5.11 Å². The van der Waals surface area contributed by atoms with E-state index in [1.54, 1.807) is 6.20 Å². The summed E-state index contributed by atoms with van der Waals surface area (Å²) in [5.74, 6) is 0. The Balaban J connectivity index is 0.00000126. The van der Waals surface area contributed by atoms with Gasteiger partial charge in [-0.15, -0.1) is 0 Å². The predicted molar refractivity (Wildman–Crippen MR) is 139 cm³/mol. The standard InChI is InChI=1S/C25H25ClN4O.C2H6/c1-29-24(19-6-8-20(9-7-19)30-14-12-27-13-15-30)22(18-4-2-17(16-31)3-5-18)23-21(26)10-11-28-25(23)29;1-2/h2-11,27,31H,12-16H2,1H3;1-2H3. The molecular weight excluding hydrogens is 432 g/mol. The van der Waals surface area contributed by atoms with E-state index in [0.717, 1.165) is 65.2 Å². The van der Waals surface area contributed by atoms with E-state index in [0.29, 0.717) is 5.02 Å². The maximum absolute atomic E-state index is 9.44. The lowest BCUT2D eigenvalue weighted by molar-refractivity contribution is 0.282. The summed E-state index contributed by atoms with van der Waals surface area (Å²) in [6, 6.07) is 18.6. The molecule has 1 saturated heterocycles. The lowest BCUT2D eigenvalue weighted by Crippen LogP contribution is -2.43. The number of hydrogen-bond donors (Lipinski definition) is 2. The molecule has 2 aromatic carbocycles. The number of fused-ring (bicyclic) bond motifs is 1. The van der Waals surface area contributed by atoms with E-state index in [-0.39, 0.29) is 6.61 Å². The maximum Gasteiger partial charge on any atom is 0.142 e. The number of pyridine rings is 1. The Labute approximate surface area is 200 Å². The zero-order chi connectivity index (χ0) is 23.4. The van der Waals surface area contributed by atoms with Crippen LogP contribution in [0.2, 0.25) is 5.02 Å². The van der Waals surface area contributed by atoms with Crippen molar-refractivity contribution < 1.29 is 5.11 Å². The molecule has 0 amide bonds. The number of benzene rings is 2. The van der Waals surface area contributed by atoms with Crippen LogP contribution in [0, 0.1) is 0 Å². The average Bonchev–Trinajstić information content (AvgIpc) is 3.19. The third-order valence-electron chi connectivity index (χ3n) is 6.07. The monoisotopic (exact) mass is 462 g/mol. The van der Waals surface area contributed by atoms with Crippen molar-refractivity contribution in [1.29, 1.82) is 0 Å². The molecule has 4 aromatic rings. The Morgan fingerprint density at radius 3 is 2.21 bits per heavy atom. The van der Waals surface area contributed by atoms with Gasteiger partial charge < -0.3 is 19.9 Å². The van der Waals surface area contributed by atoms with Crippen molar-refractivity contribution >= 4 is 28.3 Å². The number of aliphatic hydroxyl groups is 1. The molecule has 5 nitrogen and oxygen atoms in total. The molecule has 1 aliphatic rings. The highest BCUT2D eigenvalue weighted by atomic mass is 35.5. The summed E-state index contributed by atoms with van der Waals surface area (Å²) in [6.45, 7) is 8.11. The van der Waals surface area contributed by atoms with Crippen molar-refractivity contribution in [2.24, 2.45) is 7.05 Å². The van der Waals surface area contributed by atoms with Gasteiger partial charge in [-0.1, -0.05) is 61.8 Å². The van der Waals surface area contributed by atoms with Gasteiger partial charge in [0, 0.05) is 56.1 Å². The molecule has 3 heterocycles. The summed E-state index contributed by atoms with van der Waals surface area (Å²) in [6.07, 6.45) is 1.75. The van der Waals surface area contributed by atoms with Crippen LogP contribution in [0.3, 0.4) is 0 Å². The Morgan fingerprint density at radius 1 is 0.939 bits per heavy atom. The second-order valence-electron chi connectivity index (χ2n) is 7.91. The normalized spacial score (nSPS) is 13.7. The molecule has 2 N–H and O–H groups in total. The van der Waals surface area contributed by atoms with Gasteiger partial charge in [0.15, 0.2) is 0 Å². The minimum absolute atomic E-state index is 0.0263. The summed E-state index contributed by atoms with van der Waals surface area (Å²) < 4.78 is 2.12. The number of piperazine rings is 1. The Bertz CT molecular complexity index is 1210. The molecule has 1 aliphatic heterocycles. The predicted octanol–water partition coefficient (Wildman–Crippen LogP) is 5.49. The van der Waals surface area contributed by atoms with Crippen molar-refractivity contribution in [3.05, 3.63) is 71.4 Å². The molecule has 5 rings (SSSR count). The van der Waals surface area contributed by atoms with Gasteiger partial charge >= 0.3 is 0 Å². The van der Waals surface area contributed by atoms with E-state index in [1.807, 2.05) is 51.2 Å². The van der Waals surface area contributed by atoms with Crippen molar-refractivity contribution in [3.63, 3.8) is 0 Å². The van der Waals surface area contributed by atoms with E-state index in [2.05, 4.69) is 44.0 Å².